The Kier molecular flexibility index (Phi) is 12.0. The number of benzene rings is 1. The third-order valence-corrected chi connectivity index (χ3v) is 11.3. The van der Waals surface area contributed by atoms with Gasteiger partial charge in [-0.1, -0.05) is 57.9 Å². The van der Waals surface area contributed by atoms with Crippen LogP contribution in [0, 0.1) is 23.2 Å². The number of hydrogen-bond acceptors (Lipinski definition) is 3. The van der Waals surface area contributed by atoms with Gasteiger partial charge in [0.2, 0.25) is 0 Å². The summed E-state index contributed by atoms with van der Waals surface area (Å²) in [6.07, 6.45) is 4.21. The van der Waals surface area contributed by atoms with Gasteiger partial charge < -0.3 is 15.1 Å². The molecule has 3 aliphatic rings. The normalized spacial score (nSPS) is 30.3. The summed E-state index contributed by atoms with van der Waals surface area (Å²) in [7, 11) is 2.09. The number of rotatable bonds is 16. The van der Waals surface area contributed by atoms with Gasteiger partial charge in [0.05, 0.1) is 6.10 Å². The molecule has 2 fully saturated rings. The molecule has 9 heteroatoms. The van der Waals surface area contributed by atoms with Crippen LogP contribution in [0.25, 0.3) is 0 Å². The quantitative estimate of drug-likeness (QED) is 0.141. The van der Waals surface area contributed by atoms with Gasteiger partial charge in [0.1, 0.15) is 11.9 Å². The SMILES string of the molecule is CN(CCCCCCCCC(F)(F)C(F)(F)F)CCCCCC[C@@H]1Cc2cc(O)ccc2[C@@H]2[C@@H]1[C@@H]1CC[C@H](O)[C@@]1(C)C[C@@H]2F. The Labute approximate surface area is 259 Å². The predicted octanol–water partition coefficient (Wildman–Crippen LogP) is 9.59. The molecule has 0 aromatic heterocycles. The summed E-state index contributed by atoms with van der Waals surface area (Å²) >= 11 is 0. The number of halogens is 6. The first-order chi connectivity index (χ1) is 20.7. The molecular weight excluding hydrogens is 580 g/mol. The lowest BCUT2D eigenvalue weighted by molar-refractivity contribution is -0.284. The molecule has 3 nitrogen and oxygen atoms in total. The van der Waals surface area contributed by atoms with Crippen molar-refractivity contribution in [1.82, 2.24) is 4.90 Å². The number of aliphatic hydroxyl groups excluding tert-OH is 1. The highest BCUT2D eigenvalue weighted by Crippen LogP contribution is 2.63. The van der Waals surface area contributed by atoms with Crippen molar-refractivity contribution in [2.24, 2.45) is 23.2 Å². The maximum atomic E-state index is 15.9. The summed E-state index contributed by atoms with van der Waals surface area (Å²) in [5.74, 6) is -3.59. The molecule has 0 saturated heterocycles. The highest BCUT2D eigenvalue weighted by atomic mass is 19.4. The van der Waals surface area contributed by atoms with Crippen molar-refractivity contribution in [3.63, 3.8) is 0 Å². The second kappa shape index (κ2) is 15.0. The lowest BCUT2D eigenvalue weighted by Crippen LogP contribution is -2.51. The second-order valence-corrected chi connectivity index (χ2v) is 14.5. The zero-order valence-electron chi connectivity index (χ0n) is 26.5. The van der Waals surface area contributed by atoms with Crippen molar-refractivity contribution in [1.29, 1.82) is 0 Å². The average molecular weight is 634 g/mol. The molecule has 252 valence electrons. The Bertz CT molecular complexity index is 1050. The van der Waals surface area contributed by atoms with Crippen molar-refractivity contribution in [2.45, 2.75) is 140 Å². The van der Waals surface area contributed by atoms with E-state index in [4.69, 9.17) is 0 Å². The van der Waals surface area contributed by atoms with Crippen LogP contribution in [-0.4, -0.2) is 59.6 Å². The molecular formula is C35H53F6NO2. The van der Waals surface area contributed by atoms with Gasteiger partial charge in [-0.2, -0.15) is 22.0 Å². The molecule has 2 N–H and O–H groups in total. The Morgan fingerprint density at radius 1 is 0.886 bits per heavy atom. The molecule has 0 bridgehead atoms. The molecule has 3 aliphatic carbocycles. The van der Waals surface area contributed by atoms with Gasteiger partial charge in [-0.3, -0.25) is 0 Å². The molecule has 44 heavy (non-hydrogen) atoms. The molecule has 2 saturated carbocycles. The molecule has 1 aromatic rings. The number of phenols is 1. The summed E-state index contributed by atoms with van der Waals surface area (Å²) in [6.45, 7) is 4.04. The van der Waals surface area contributed by atoms with Gasteiger partial charge in [0.25, 0.3) is 0 Å². The molecule has 0 amide bonds. The predicted molar refractivity (Wildman–Crippen MR) is 162 cm³/mol. The first-order valence-corrected chi connectivity index (χ1v) is 17.0. The third kappa shape index (κ3) is 8.26. The van der Waals surface area contributed by atoms with Crippen molar-refractivity contribution in [2.75, 3.05) is 20.1 Å². The Balaban J connectivity index is 1.13. The number of aromatic hydroxyl groups is 1. The minimum Gasteiger partial charge on any atom is -0.508 e. The Morgan fingerprint density at radius 2 is 1.50 bits per heavy atom. The lowest BCUT2D eigenvalue weighted by Gasteiger charge is -2.54. The van der Waals surface area contributed by atoms with Crippen LogP contribution in [-0.2, 0) is 6.42 Å². The number of hydrogen-bond donors (Lipinski definition) is 2. The topological polar surface area (TPSA) is 43.7 Å². The number of fused-ring (bicyclic) bond motifs is 5. The van der Waals surface area contributed by atoms with Crippen LogP contribution in [0.2, 0.25) is 0 Å². The van der Waals surface area contributed by atoms with Crippen LogP contribution in [0.15, 0.2) is 18.2 Å². The standard InChI is InChI=1S/C35H53F6NO2/c1-33-23-29(36)32-27-15-14-26(43)22-25(27)21-24(31(32)28(33)16-17-30(33)44)13-9-5-8-12-20-42(2)19-11-7-4-3-6-10-18-34(37,38)35(39,40)41/h14-15,22,24,28-32,43-44H,3-13,16-21,23H2,1-2H3/t24-,28+,29+,30+,31+,32+,33+/m1/s1. The average Bonchev–Trinajstić information content (AvgIpc) is 3.24. The number of nitrogens with zero attached hydrogens (tertiary/aromatic N) is 1. The van der Waals surface area contributed by atoms with E-state index in [-0.39, 0.29) is 29.4 Å². The van der Waals surface area contributed by atoms with E-state index in [1.165, 1.54) is 0 Å². The van der Waals surface area contributed by atoms with E-state index in [1.807, 2.05) is 12.1 Å². The van der Waals surface area contributed by atoms with E-state index in [9.17, 15) is 32.2 Å². The highest BCUT2D eigenvalue weighted by molar-refractivity contribution is 5.41. The highest BCUT2D eigenvalue weighted by Gasteiger charge is 2.60. The van der Waals surface area contributed by atoms with Crippen molar-refractivity contribution < 1.29 is 36.6 Å². The van der Waals surface area contributed by atoms with Crippen molar-refractivity contribution in [3.8, 4) is 5.75 Å². The van der Waals surface area contributed by atoms with Crippen LogP contribution in [0.4, 0.5) is 26.3 Å². The fourth-order valence-electron chi connectivity index (χ4n) is 8.86. The van der Waals surface area contributed by atoms with Gasteiger partial charge in [-0.15, -0.1) is 0 Å². The fourth-order valence-corrected chi connectivity index (χ4v) is 8.86. The van der Waals surface area contributed by atoms with Crippen LogP contribution in [0.3, 0.4) is 0 Å². The maximum Gasteiger partial charge on any atom is 0.453 e. The summed E-state index contributed by atoms with van der Waals surface area (Å²) < 4.78 is 78.5. The molecule has 1 aromatic carbocycles. The van der Waals surface area contributed by atoms with Gasteiger partial charge in [-0.05, 0) is 118 Å². The van der Waals surface area contributed by atoms with Crippen molar-refractivity contribution in [3.05, 3.63) is 29.3 Å². The first-order valence-electron chi connectivity index (χ1n) is 17.0. The van der Waals surface area contributed by atoms with E-state index < -0.39 is 30.8 Å². The lowest BCUT2D eigenvalue weighted by atomic mass is 9.51. The van der Waals surface area contributed by atoms with Gasteiger partial charge in [0.15, 0.2) is 0 Å². The number of phenolic OH excluding ortho intramolecular Hbond substituents is 1. The van der Waals surface area contributed by atoms with Crippen LogP contribution >= 0.6 is 0 Å². The first kappa shape index (κ1) is 35.4. The number of alkyl halides is 6. The Hall–Kier alpha value is -1.48. The molecule has 0 heterocycles. The monoisotopic (exact) mass is 633 g/mol. The van der Waals surface area contributed by atoms with Gasteiger partial charge in [-0.25, -0.2) is 4.39 Å². The molecule has 7 atom stereocenters. The third-order valence-electron chi connectivity index (χ3n) is 11.3. The van der Waals surface area contributed by atoms with E-state index >= 15 is 4.39 Å². The summed E-state index contributed by atoms with van der Waals surface area (Å²) in [5, 5.41) is 21.0. The summed E-state index contributed by atoms with van der Waals surface area (Å²) in [6, 6.07) is 5.45. The van der Waals surface area contributed by atoms with E-state index in [0.29, 0.717) is 31.1 Å². The fraction of sp³-hybridized carbons (Fsp3) is 0.829. The van der Waals surface area contributed by atoms with Crippen LogP contribution in [0.1, 0.15) is 120 Å². The van der Waals surface area contributed by atoms with E-state index in [0.717, 1.165) is 94.8 Å². The second-order valence-electron chi connectivity index (χ2n) is 14.5. The maximum absolute atomic E-state index is 15.9. The zero-order chi connectivity index (χ0) is 32.1. The summed E-state index contributed by atoms with van der Waals surface area (Å²) in [5.41, 5.74) is 1.80. The van der Waals surface area contributed by atoms with E-state index in [1.54, 1.807) is 6.07 Å². The molecule has 4 rings (SSSR count). The molecule has 0 unspecified atom stereocenters. The molecule has 0 radical (unpaired) electrons. The van der Waals surface area contributed by atoms with Crippen molar-refractivity contribution >= 4 is 0 Å². The minimum atomic E-state index is -5.45. The van der Waals surface area contributed by atoms with Gasteiger partial charge >= 0.3 is 12.1 Å². The zero-order valence-corrected chi connectivity index (χ0v) is 26.5. The van der Waals surface area contributed by atoms with Crippen LogP contribution < -0.4 is 0 Å². The Morgan fingerprint density at radius 3 is 2.16 bits per heavy atom. The number of aliphatic hydroxyl groups is 1. The molecule has 0 aliphatic heterocycles. The smallest absolute Gasteiger partial charge is 0.453 e. The van der Waals surface area contributed by atoms with E-state index in [2.05, 4.69) is 18.9 Å². The largest absolute Gasteiger partial charge is 0.508 e. The van der Waals surface area contributed by atoms with Gasteiger partial charge in [0, 0.05) is 12.3 Å². The number of unbranched alkanes of at least 4 members (excludes halogenated alkanes) is 8. The molecule has 0 spiro atoms. The van der Waals surface area contributed by atoms with Crippen LogP contribution in [0.5, 0.6) is 5.75 Å². The minimum absolute atomic E-state index is 0.106. The summed E-state index contributed by atoms with van der Waals surface area (Å²) in [4.78, 5) is 2.30.